The van der Waals surface area contributed by atoms with Crippen LogP contribution in [0, 0.1) is 18.3 Å². The molecule has 7 nitrogen and oxygen atoms in total. The number of aromatic nitrogens is 2. The first-order chi connectivity index (χ1) is 13.0. The molecule has 2 heterocycles. The summed E-state index contributed by atoms with van der Waals surface area (Å²) in [6, 6.07) is 13.3. The number of furan rings is 1. The molecule has 0 saturated carbocycles. The third-order valence-electron chi connectivity index (χ3n) is 4.08. The fourth-order valence-corrected chi connectivity index (χ4v) is 3.25. The Morgan fingerprint density at radius 3 is 2.78 bits per heavy atom. The van der Waals surface area contributed by atoms with Crippen molar-refractivity contribution in [1.29, 1.82) is 5.26 Å². The van der Waals surface area contributed by atoms with Gasteiger partial charge in [0.25, 0.3) is 5.91 Å². The number of nitrogens with two attached hydrogens (primary N) is 1. The Hall–Kier alpha value is -3.05. The number of rotatable bonds is 6. The predicted octanol–water partition coefficient (Wildman–Crippen LogP) is 3.35. The molecular weight excluding hydrogens is 410 g/mol. The molecular formula is C19H18BrN5O2. The van der Waals surface area contributed by atoms with E-state index in [-0.39, 0.29) is 11.7 Å². The zero-order valence-electron chi connectivity index (χ0n) is 14.7. The van der Waals surface area contributed by atoms with Crippen LogP contribution in [0.5, 0.6) is 0 Å². The fourth-order valence-electron chi connectivity index (χ4n) is 2.75. The van der Waals surface area contributed by atoms with E-state index in [4.69, 9.17) is 10.2 Å². The van der Waals surface area contributed by atoms with Crippen molar-refractivity contribution in [3.63, 3.8) is 0 Å². The maximum atomic E-state index is 12.1. The van der Waals surface area contributed by atoms with Gasteiger partial charge in [0.15, 0.2) is 10.4 Å². The molecule has 0 fully saturated rings. The number of benzene rings is 1. The number of aryl methyl sites for hydroxylation is 2. The van der Waals surface area contributed by atoms with Gasteiger partial charge in [0.2, 0.25) is 0 Å². The second kappa shape index (κ2) is 8.10. The summed E-state index contributed by atoms with van der Waals surface area (Å²) in [5.74, 6) is 0.337. The minimum absolute atomic E-state index is 0.270. The van der Waals surface area contributed by atoms with Crippen molar-refractivity contribution in [2.45, 2.75) is 19.8 Å². The summed E-state index contributed by atoms with van der Waals surface area (Å²) < 4.78 is 7.41. The Balaban J connectivity index is 1.64. The van der Waals surface area contributed by atoms with Crippen LogP contribution in [0.3, 0.4) is 0 Å². The van der Waals surface area contributed by atoms with Crippen molar-refractivity contribution in [2.24, 2.45) is 0 Å². The molecule has 8 heteroatoms. The Bertz CT molecular complexity index is 1000. The topological polar surface area (TPSA) is 110 Å². The van der Waals surface area contributed by atoms with Gasteiger partial charge in [0.1, 0.15) is 17.5 Å². The quantitative estimate of drug-likeness (QED) is 0.585. The van der Waals surface area contributed by atoms with Crippen LogP contribution in [0.2, 0.25) is 0 Å². The predicted molar refractivity (Wildman–Crippen MR) is 104 cm³/mol. The van der Waals surface area contributed by atoms with Crippen molar-refractivity contribution < 1.29 is 9.21 Å². The van der Waals surface area contributed by atoms with Gasteiger partial charge >= 0.3 is 0 Å². The lowest BCUT2D eigenvalue weighted by molar-refractivity contribution is 0.0923. The molecule has 138 valence electrons. The zero-order chi connectivity index (χ0) is 19.4. The monoisotopic (exact) mass is 427 g/mol. The van der Waals surface area contributed by atoms with Crippen LogP contribution >= 0.6 is 15.9 Å². The van der Waals surface area contributed by atoms with Gasteiger partial charge < -0.3 is 15.5 Å². The molecule has 3 N–H and O–H groups in total. The van der Waals surface area contributed by atoms with Gasteiger partial charge in [-0.25, -0.2) is 4.68 Å². The van der Waals surface area contributed by atoms with E-state index in [9.17, 15) is 10.1 Å². The van der Waals surface area contributed by atoms with E-state index < -0.39 is 0 Å². The number of nitrogens with one attached hydrogen (secondary N) is 1. The maximum absolute atomic E-state index is 12.1. The number of carbonyl (C=O) groups excluding carboxylic acids is 1. The number of amides is 1. The highest BCUT2D eigenvalue weighted by molar-refractivity contribution is 9.10. The highest BCUT2D eigenvalue weighted by atomic mass is 79.9. The SMILES string of the molecule is Cc1cc(Br)oc1C(=O)NCCCc1nn(-c2ccccc2)c(N)c1C#N. The van der Waals surface area contributed by atoms with E-state index >= 15 is 0 Å². The van der Waals surface area contributed by atoms with Crippen molar-refractivity contribution >= 4 is 27.7 Å². The number of nitriles is 1. The molecule has 27 heavy (non-hydrogen) atoms. The van der Waals surface area contributed by atoms with Crippen molar-refractivity contribution in [2.75, 3.05) is 12.3 Å². The van der Waals surface area contributed by atoms with Crippen molar-refractivity contribution in [3.05, 3.63) is 63.6 Å². The van der Waals surface area contributed by atoms with Gasteiger partial charge in [-0.05, 0) is 53.9 Å². The molecule has 1 aromatic carbocycles. The summed E-state index contributed by atoms with van der Waals surface area (Å²) in [5.41, 5.74) is 8.63. The lowest BCUT2D eigenvalue weighted by Crippen LogP contribution is -2.25. The van der Waals surface area contributed by atoms with Crippen LogP contribution < -0.4 is 11.1 Å². The minimum Gasteiger partial charge on any atom is -0.444 e. The number of para-hydroxylation sites is 1. The number of hydrogen-bond acceptors (Lipinski definition) is 5. The largest absolute Gasteiger partial charge is 0.444 e. The van der Waals surface area contributed by atoms with E-state index in [0.29, 0.717) is 41.1 Å². The Morgan fingerprint density at radius 2 is 2.15 bits per heavy atom. The molecule has 0 aliphatic heterocycles. The Kier molecular flexibility index (Phi) is 5.62. The Labute approximate surface area is 164 Å². The first-order valence-corrected chi connectivity index (χ1v) is 9.17. The molecule has 3 rings (SSSR count). The van der Waals surface area contributed by atoms with Gasteiger partial charge in [-0.2, -0.15) is 10.4 Å². The molecule has 2 aromatic heterocycles. The molecule has 0 saturated heterocycles. The summed E-state index contributed by atoms with van der Waals surface area (Å²) >= 11 is 3.21. The van der Waals surface area contributed by atoms with Crippen LogP contribution in [0.25, 0.3) is 5.69 Å². The first kappa shape index (κ1) is 18.7. The minimum atomic E-state index is -0.270. The summed E-state index contributed by atoms with van der Waals surface area (Å²) in [5, 5.41) is 16.7. The fraction of sp³-hybridized carbons (Fsp3) is 0.211. The van der Waals surface area contributed by atoms with Crippen LogP contribution in [0.15, 0.2) is 45.5 Å². The van der Waals surface area contributed by atoms with Crippen LogP contribution in [-0.4, -0.2) is 22.2 Å². The second-order valence-electron chi connectivity index (χ2n) is 5.99. The van der Waals surface area contributed by atoms with Crippen LogP contribution in [0.4, 0.5) is 5.82 Å². The van der Waals surface area contributed by atoms with Crippen LogP contribution in [-0.2, 0) is 6.42 Å². The molecule has 0 atom stereocenters. The zero-order valence-corrected chi connectivity index (χ0v) is 16.3. The summed E-state index contributed by atoms with van der Waals surface area (Å²) in [6.07, 6.45) is 1.14. The van der Waals surface area contributed by atoms with Gasteiger partial charge in [-0.15, -0.1) is 0 Å². The lowest BCUT2D eigenvalue weighted by atomic mass is 10.1. The number of hydrogen-bond donors (Lipinski definition) is 2. The summed E-state index contributed by atoms with van der Waals surface area (Å²) in [7, 11) is 0. The van der Waals surface area contributed by atoms with E-state index in [2.05, 4.69) is 32.4 Å². The third kappa shape index (κ3) is 4.04. The summed E-state index contributed by atoms with van der Waals surface area (Å²) in [6.45, 7) is 2.24. The Morgan fingerprint density at radius 1 is 1.41 bits per heavy atom. The molecule has 0 unspecified atom stereocenters. The highest BCUT2D eigenvalue weighted by Gasteiger charge is 2.17. The molecule has 3 aromatic rings. The second-order valence-corrected chi connectivity index (χ2v) is 6.77. The number of halogens is 1. The average molecular weight is 428 g/mol. The van der Waals surface area contributed by atoms with E-state index in [1.807, 2.05) is 30.3 Å². The smallest absolute Gasteiger partial charge is 0.287 e. The van der Waals surface area contributed by atoms with Crippen LogP contribution in [0.1, 0.15) is 33.8 Å². The van der Waals surface area contributed by atoms with Gasteiger partial charge in [0, 0.05) is 12.1 Å². The number of nitrogen functional groups attached to an aromatic ring is 1. The number of carbonyl (C=O) groups is 1. The third-order valence-corrected chi connectivity index (χ3v) is 4.47. The van der Waals surface area contributed by atoms with Gasteiger partial charge in [-0.1, -0.05) is 18.2 Å². The van der Waals surface area contributed by atoms with Gasteiger partial charge in [0.05, 0.1) is 11.4 Å². The van der Waals surface area contributed by atoms with E-state index in [1.165, 1.54) is 0 Å². The molecule has 0 aliphatic carbocycles. The van der Waals surface area contributed by atoms with Gasteiger partial charge in [-0.3, -0.25) is 4.79 Å². The molecule has 1 amide bonds. The average Bonchev–Trinajstić information content (AvgIpc) is 3.17. The first-order valence-electron chi connectivity index (χ1n) is 8.38. The molecule has 0 spiro atoms. The lowest BCUT2D eigenvalue weighted by Gasteiger charge is -2.03. The van der Waals surface area contributed by atoms with E-state index in [1.54, 1.807) is 17.7 Å². The molecule has 0 radical (unpaired) electrons. The highest BCUT2D eigenvalue weighted by Crippen LogP contribution is 2.22. The van der Waals surface area contributed by atoms with Crippen molar-refractivity contribution in [3.8, 4) is 11.8 Å². The summed E-state index contributed by atoms with van der Waals surface area (Å²) in [4.78, 5) is 12.1. The van der Waals surface area contributed by atoms with E-state index in [0.717, 1.165) is 11.3 Å². The molecule has 0 bridgehead atoms. The normalized spacial score (nSPS) is 10.6. The van der Waals surface area contributed by atoms with Crippen molar-refractivity contribution in [1.82, 2.24) is 15.1 Å². The molecule has 0 aliphatic rings. The number of nitrogens with zero attached hydrogens (tertiary/aromatic N) is 3. The maximum Gasteiger partial charge on any atom is 0.287 e. The number of anilines is 1. The standard InChI is InChI=1S/C19H18BrN5O2/c1-12-10-16(20)27-17(12)19(26)23-9-5-8-15-14(11-21)18(22)25(24-15)13-6-3-2-4-7-13/h2-4,6-7,10H,5,8-9,22H2,1H3,(H,23,26).